The molecule has 0 saturated carbocycles. The second-order valence-electron chi connectivity index (χ2n) is 5.22. The van der Waals surface area contributed by atoms with E-state index in [1.807, 2.05) is 0 Å². The van der Waals surface area contributed by atoms with Gasteiger partial charge in [0.1, 0.15) is 11.5 Å². The Balaban J connectivity index is 1.96. The summed E-state index contributed by atoms with van der Waals surface area (Å²) in [5.41, 5.74) is -0.0513. The summed E-state index contributed by atoms with van der Waals surface area (Å²) >= 11 is 0. The van der Waals surface area contributed by atoms with E-state index in [0.29, 0.717) is 12.6 Å². The van der Waals surface area contributed by atoms with Crippen LogP contribution < -0.4 is 4.72 Å². The standard InChI is InChI=1S/C15H13F2N5O2S/c1-15(16,17)12-8-5-9-13(19-12)20-25(23,24)14-10-18-21-22(14)11-6-3-2-4-7-11/h2-10H,1H3,(H,19,20). The first-order chi connectivity index (χ1) is 11.8. The third-order valence-corrected chi connectivity index (χ3v) is 4.54. The van der Waals surface area contributed by atoms with Gasteiger partial charge < -0.3 is 0 Å². The SMILES string of the molecule is CC(F)(F)c1cccc(NS(=O)(=O)c2cnnn2-c2ccccc2)n1. The van der Waals surface area contributed by atoms with E-state index in [9.17, 15) is 17.2 Å². The number of aromatic nitrogens is 4. The molecule has 1 N–H and O–H groups in total. The Labute approximate surface area is 142 Å². The highest BCUT2D eigenvalue weighted by molar-refractivity contribution is 7.92. The molecule has 0 unspecified atom stereocenters. The Hall–Kier alpha value is -2.88. The van der Waals surface area contributed by atoms with E-state index >= 15 is 0 Å². The highest BCUT2D eigenvalue weighted by atomic mass is 32.2. The molecule has 2 aromatic heterocycles. The molecule has 0 aliphatic carbocycles. The Kier molecular flexibility index (Phi) is 4.21. The molecule has 0 bridgehead atoms. The number of sulfonamides is 1. The second-order valence-corrected chi connectivity index (χ2v) is 6.85. The van der Waals surface area contributed by atoms with E-state index in [1.165, 1.54) is 12.1 Å². The Morgan fingerprint density at radius 2 is 1.80 bits per heavy atom. The maximum Gasteiger partial charge on any atom is 0.287 e. The fourth-order valence-electron chi connectivity index (χ4n) is 2.08. The van der Waals surface area contributed by atoms with E-state index in [-0.39, 0.29) is 10.8 Å². The molecule has 130 valence electrons. The molecule has 0 saturated heterocycles. The third-order valence-electron chi connectivity index (χ3n) is 3.23. The predicted molar refractivity (Wildman–Crippen MR) is 86.0 cm³/mol. The summed E-state index contributed by atoms with van der Waals surface area (Å²) in [7, 11) is -4.13. The highest BCUT2D eigenvalue weighted by Gasteiger charge is 2.27. The van der Waals surface area contributed by atoms with Crippen molar-refractivity contribution in [3.63, 3.8) is 0 Å². The number of pyridine rings is 1. The fourth-order valence-corrected chi connectivity index (χ4v) is 3.13. The van der Waals surface area contributed by atoms with Crippen LogP contribution in [0.4, 0.5) is 14.6 Å². The molecule has 0 atom stereocenters. The zero-order chi connectivity index (χ0) is 18.1. The maximum absolute atomic E-state index is 13.4. The molecule has 0 fully saturated rings. The Morgan fingerprint density at radius 3 is 2.48 bits per heavy atom. The summed E-state index contributed by atoms with van der Waals surface area (Å²) < 4.78 is 55.2. The van der Waals surface area contributed by atoms with Crippen LogP contribution in [0.1, 0.15) is 12.6 Å². The third kappa shape index (κ3) is 3.63. The van der Waals surface area contributed by atoms with Crippen LogP contribution in [0.5, 0.6) is 0 Å². The van der Waals surface area contributed by atoms with Gasteiger partial charge in [0.15, 0.2) is 5.03 Å². The van der Waals surface area contributed by atoms with Crippen LogP contribution >= 0.6 is 0 Å². The van der Waals surface area contributed by atoms with Gasteiger partial charge in [-0.15, -0.1) is 5.10 Å². The van der Waals surface area contributed by atoms with Gasteiger partial charge in [0, 0.05) is 6.92 Å². The molecule has 3 aromatic rings. The van der Waals surface area contributed by atoms with Crippen molar-refractivity contribution >= 4 is 15.8 Å². The maximum atomic E-state index is 13.4. The van der Waals surface area contributed by atoms with Crippen LogP contribution in [0.15, 0.2) is 59.8 Å². The molecule has 2 heterocycles. The number of hydrogen-bond acceptors (Lipinski definition) is 5. The summed E-state index contributed by atoms with van der Waals surface area (Å²) in [6.07, 6.45) is 1.06. The molecule has 0 radical (unpaired) electrons. The highest BCUT2D eigenvalue weighted by Crippen LogP contribution is 2.26. The van der Waals surface area contributed by atoms with Crippen LogP contribution in [0.25, 0.3) is 5.69 Å². The first-order valence-corrected chi connectivity index (χ1v) is 8.60. The molecular weight excluding hydrogens is 352 g/mol. The number of halogens is 2. The molecular formula is C15H13F2N5O2S. The summed E-state index contributed by atoms with van der Waals surface area (Å²) in [5.74, 6) is -3.41. The van der Waals surface area contributed by atoms with Crippen molar-refractivity contribution in [3.05, 3.63) is 60.4 Å². The molecule has 7 nitrogen and oxygen atoms in total. The largest absolute Gasteiger partial charge is 0.287 e. The van der Waals surface area contributed by atoms with E-state index < -0.39 is 21.6 Å². The number of benzene rings is 1. The average Bonchev–Trinajstić information content (AvgIpc) is 3.05. The smallest absolute Gasteiger partial charge is 0.262 e. The summed E-state index contributed by atoms with van der Waals surface area (Å²) in [6.45, 7) is 0.683. The summed E-state index contributed by atoms with van der Waals surface area (Å²) in [6, 6.07) is 12.2. The van der Waals surface area contributed by atoms with Gasteiger partial charge in [-0.05, 0) is 24.3 Å². The fraction of sp³-hybridized carbons (Fsp3) is 0.133. The van der Waals surface area contributed by atoms with Crippen LogP contribution in [-0.2, 0) is 15.9 Å². The number of alkyl halides is 2. The number of anilines is 1. The van der Waals surface area contributed by atoms with Gasteiger partial charge in [0.25, 0.3) is 15.9 Å². The van der Waals surface area contributed by atoms with Crippen molar-refractivity contribution in [2.45, 2.75) is 17.9 Å². The van der Waals surface area contributed by atoms with Crippen molar-refractivity contribution in [3.8, 4) is 5.69 Å². The van der Waals surface area contributed by atoms with Crippen molar-refractivity contribution in [1.29, 1.82) is 0 Å². The van der Waals surface area contributed by atoms with Crippen molar-refractivity contribution in [2.75, 3.05) is 4.72 Å². The summed E-state index contributed by atoms with van der Waals surface area (Å²) in [4.78, 5) is 3.65. The van der Waals surface area contributed by atoms with Gasteiger partial charge in [-0.25, -0.2) is 4.98 Å². The van der Waals surface area contributed by atoms with Gasteiger partial charge in [-0.3, -0.25) is 4.72 Å². The molecule has 25 heavy (non-hydrogen) atoms. The first kappa shape index (κ1) is 17.0. The normalized spacial score (nSPS) is 12.1. The first-order valence-electron chi connectivity index (χ1n) is 7.12. The van der Waals surface area contributed by atoms with E-state index in [4.69, 9.17) is 0 Å². The second kappa shape index (κ2) is 6.20. The minimum absolute atomic E-state index is 0.222. The van der Waals surface area contributed by atoms with Crippen LogP contribution in [0.3, 0.4) is 0 Å². The van der Waals surface area contributed by atoms with Gasteiger partial charge in [0.05, 0.1) is 11.9 Å². The van der Waals surface area contributed by atoms with Crippen LogP contribution in [0, 0.1) is 0 Å². The molecule has 0 spiro atoms. The number of nitrogens with zero attached hydrogens (tertiary/aromatic N) is 4. The van der Waals surface area contributed by atoms with E-state index in [0.717, 1.165) is 16.9 Å². The quantitative estimate of drug-likeness (QED) is 0.751. The van der Waals surface area contributed by atoms with Gasteiger partial charge >= 0.3 is 0 Å². The predicted octanol–water partition coefficient (Wildman–Crippen LogP) is 2.57. The molecule has 0 amide bonds. The number of para-hydroxylation sites is 1. The zero-order valence-electron chi connectivity index (χ0n) is 13.0. The Morgan fingerprint density at radius 1 is 1.08 bits per heavy atom. The van der Waals surface area contributed by atoms with E-state index in [2.05, 4.69) is 20.0 Å². The van der Waals surface area contributed by atoms with Crippen molar-refractivity contribution in [2.24, 2.45) is 0 Å². The lowest BCUT2D eigenvalue weighted by molar-refractivity contribution is 0.0129. The molecule has 0 aliphatic rings. The lowest BCUT2D eigenvalue weighted by atomic mass is 10.2. The molecule has 3 rings (SSSR count). The average molecular weight is 365 g/mol. The van der Waals surface area contributed by atoms with Gasteiger partial charge in [-0.1, -0.05) is 29.5 Å². The molecule has 10 heteroatoms. The van der Waals surface area contributed by atoms with Gasteiger partial charge in [-0.2, -0.15) is 21.9 Å². The Bertz CT molecular complexity index is 984. The lowest BCUT2D eigenvalue weighted by Gasteiger charge is -2.12. The topological polar surface area (TPSA) is 89.8 Å². The monoisotopic (exact) mass is 365 g/mol. The van der Waals surface area contributed by atoms with Crippen LogP contribution in [0.2, 0.25) is 0 Å². The van der Waals surface area contributed by atoms with Crippen molar-refractivity contribution < 1.29 is 17.2 Å². The van der Waals surface area contributed by atoms with Gasteiger partial charge in [0.2, 0.25) is 0 Å². The molecule has 1 aromatic carbocycles. The number of nitrogens with one attached hydrogen (secondary N) is 1. The van der Waals surface area contributed by atoms with Crippen molar-refractivity contribution in [1.82, 2.24) is 20.0 Å². The molecule has 0 aliphatic heterocycles. The lowest BCUT2D eigenvalue weighted by Crippen LogP contribution is -2.19. The van der Waals surface area contributed by atoms with E-state index in [1.54, 1.807) is 30.3 Å². The summed E-state index contributed by atoms with van der Waals surface area (Å²) in [5, 5.41) is 7.13. The number of rotatable bonds is 5. The minimum atomic E-state index is -4.13. The van der Waals surface area contributed by atoms with Crippen LogP contribution in [-0.4, -0.2) is 28.4 Å². The minimum Gasteiger partial charge on any atom is -0.262 e. The zero-order valence-corrected chi connectivity index (χ0v) is 13.8. The number of hydrogen-bond donors (Lipinski definition) is 1.